The van der Waals surface area contributed by atoms with Crippen LogP contribution in [0.3, 0.4) is 0 Å². The van der Waals surface area contributed by atoms with E-state index in [1.54, 1.807) is 11.1 Å². The largest absolute Gasteiger partial charge is 0.480 e. The van der Waals surface area contributed by atoms with Gasteiger partial charge in [-0.3, -0.25) is 4.98 Å². The number of benzene rings is 2. The molecule has 2 heterocycles. The van der Waals surface area contributed by atoms with Crippen molar-refractivity contribution in [2.45, 2.75) is 30.8 Å². The van der Waals surface area contributed by atoms with Crippen LogP contribution in [-0.2, 0) is 19.9 Å². The van der Waals surface area contributed by atoms with Crippen LogP contribution >= 0.6 is 15.9 Å². The third kappa shape index (κ3) is 4.88. The number of carbonyl (C=O) groups excluding carboxylic acids is 1. The zero-order chi connectivity index (χ0) is 25.1. The lowest BCUT2D eigenvalue weighted by Crippen LogP contribution is -2.37. The van der Waals surface area contributed by atoms with Crippen LogP contribution in [0.2, 0.25) is 0 Å². The van der Waals surface area contributed by atoms with Crippen molar-refractivity contribution in [2.75, 3.05) is 26.3 Å². The van der Waals surface area contributed by atoms with Gasteiger partial charge < -0.3 is 19.5 Å². The Balaban J connectivity index is 1.28. The fourth-order valence-electron chi connectivity index (χ4n) is 5.30. The van der Waals surface area contributed by atoms with Crippen molar-refractivity contribution in [3.05, 3.63) is 88.2 Å². The Kier molecular flexibility index (Phi) is 7.07. The minimum Gasteiger partial charge on any atom is -0.480 e. The van der Waals surface area contributed by atoms with Crippen LogP contribution in [0.1, 0.15) is 42.0 Å². The van der Waals surface area contributed by atoms with E-state index >= 15 is 0 Å². The molecule has 2 aliphatic rings. The van der Waals surface area contributed by atoms with Crippen molar-refractivity contribution in [2.24, 2.45) is 0 Å². The first-order valence-electron chi connectivity index (χ1n) is 12.0. The predicted octanol–water partition coefficient (Wildman–Crippen LogP) is 5.58. The highest BCUT2D eigenvalue weighted by molar-refractivity contribution is 9.10. The molecule has 1 N–H and O–H groups in total. The van der Waals surface area contributed by atoms with Crippen LogP contribution in [0.4, 0.5) is 4.79 Å². The molecule has 1 amide bonds. The molecule has 1 unspecified atom stereocenters. The van der Waals surface area contributed by atoms with Gasteiger partial charge in [0.25, 0.3) is 0 Å². The Morgan fingerprint density at radius 1 is 1.00 bits per heavy atom. The Morgan fingerprint density at radius 2 is 1.69 bits per heavy atom. The summed E-state index contributed by atoms with van der Waals surface area (Å²) >= 11 is 3.39. The highest BCUT2D eigenvalue weighted by Crippen LogP contribution is 2.44. The average Bonchev–Trinajstić information content (AvgIpc) is 3.04. The number of fused-ring (bicyclic) bond motifs is 3. The Labute approximate surface area is 218 Å². The molecular formula is C28H27BrN2O5. The molecule has 1 aromatic heterocycles. The highest BCUT2D eigenvalue weighted by atomic mass is 79.9. The SMILES string of the molecule is O=C(O)COC1(c2ccc(Br)cn2)CCCN(C(=O)OCC2c3ccccc3-c3ccccc32)CC1. The lowest BCUT2D eigenvalue weighted by molar-refractivity contribution is -0.152. The Morgan fingerprint density at radius 3 is 2.33 bits per heavy atom. The van der Waals surface area contributed by atoms with Crippen LogP contribution in [-0.4, -0.2) is 53.4 Å². The van der Waals surface area contributed by atoms with E-state index in [-0.39, 0.29) is 18.6 Å². The number of rotatable bonds is 6. The molecule has 5 rings (SSSR count). The molecule has 1 atom stereocenters. The van der Waals surface area contributed by atoms with Gasteiger partial charge in [-0.25, -0.2) is 9.59 Å². The van der Waals surface area contributed by atoms with Crippen molar-refractivity contribution in [3.8, 4) is 11.1 Å². The topological polar surface area (TPSA) is 89.0 Å². The molecule has 0 radical (unpaired) electrons. The van der Waals surface area contributed by atoms with Crippen molar-refractivity contribution in [3.63, 3.8) is 0 Å². The molecular weight excluding hydrogens is 524 g/mol. The minimum atomic E-state index is -1.04. The number of amides is 1. The standard InChI is InChI=1S/C28H27BrN2O5/c29-19-10-11-25(30-16-19)28(36-18-26(32)33)12-5-14-31(15-13-28)27(34)35-17-24-22-8-3-1-6-20(22)21-7-2-4-9-23(21)24/h1-4,6-11,16,24H,5,12-15,17-18H2,(H,32,33). The van der Waals surface area contributed by atoms with E-state index in [2.05, 4.69) is 45.2 Å². The summed E-state index contributed by atoms with van der Waals surface area (Å²) in [4.78, 5) is 30.6. The van der Waals surface area contributed by atoms with E-state index in [1.807, 2.05) is 36.4 Å². The second-order valence-corrected chi connectivity index (χ2v) is 10.1. The number of nitrogens with zero attached hydrogens (tertiary/aromatic N) is 2. The van der Waals surface area contributed by atoms with Crippen molar-refractivity contribution in [1.29, 1.82) is 0 Å². The third-order valence-corrected chi connectivity index (χ3v) is 7.52. The van der Waals surface area contributed by atoms with Crippen molar-refractivity contribution in [1.82, 2.24) is 9.88 Å². The van der Waals surface area contributed by atoms with Gasteiger partial charge in [-0.1, -0.05) is 48.5 Å². The van der Waals surface area contributed by atoms with E-state index in [0.717, 1.165) is 4.47 Å². The number of ether oxygens (including phenoxy) is 2. The van der Waals surface area contributed by atoms with Crippen LogP contribution < -0.4 is 0 Å². The van der Waals surface area contributed by atoms with Gasteiger partial charge in [0, 0.05) is 29.7 Å². The third-order valence-electron chi connectivity index (χ3n) is 7.05. The summed E-state index contributed by atoms with van der Waals surface area (Å²) < 4.78 is 12.6. The molecule has 7 nitrogen and oxygen atoms in total. The van der Waals surface area contributed by atoms with E-state index in [9.17, 15) is 14.7 Å². The first kappa shape index (κ1) is 24.5. The summed E-state index contributed by atoms with van der Waals surface area (Å²) in [5.74, 6) is -1.04. The maximum absolute atomic E-state index is 13.1. The Bertz CT molecular complexity index is 1220. The van der Waals surface area contributed by atoms with Gasteiger partial charge in [-0.05, 0) is 69.6 Å². The lowest BCUT2D eigenvalue weighted by atomic mass is 9.90. The first-order chi connectivity index (χ1) is 17.5. The predicted molar refractivity (Wildman–Crippen MR) is 138 cm³/mol. The number of carboxylic acids is 1. The summed E-state index contributed by atoms with van der Waals surface area (Å²) in [5, 5.41) is 9.24. The van der Waals surface area contributed by atoms with Gasteiger partial charge in [-0.2, -0.15) is 0 Å². The van der Waals surface area contributed by atoms with E-state index < -0.39 is 18.2 Å². The number of hydrogen-bond acceptors (Lipinski definition) is 5. The highest BCUT2D eigenvalue weighted by Gasteiger charge is 2.39. The quantitative estimate of drug-likeness (QED) is 0.431. The summed E-state index contributed by atoms with van der Waals surface area (Å²) in [6.45, 7) is 0.723. The number of likely N-dealkylation sites (tertiary alicyclic amines) is 1. The number of pyridine rings is 1. The second kappa shape index (κ2) is 10.4. The molecule has 8 heteroatoms. The number of halogens is 1. The number of aromatic nitrogens is 1. The van der Waals surface area contributed by atoms with Gasteiger partial charge in [-0.15, -0.1) is 0 Å². The summed E-state index contributed by atoms with van der Waals surface area (Å²) in [7, 11) is 0. The molecule has 1 aliphatic heterocycles. The maximum Gasteiger partial charge on any atom is 0.409 e. The van der Waals surface area contributed by atoms with E-state index in [0.29, 0.717) is 38.0 Å². The van der Waals surface area contributed by atoms with Gasteiger partial charge >= 0.3 is 12.1 Å². The van der Waals surface area contributed by atoms with Crippen LogP contribution in [0.5, 0.6) is 0 Å². The molecule has 0 saturated carbocycles. The minimum absolute atomic E-state index is 0.00159. The molecule has 2 aromatic carbocycles. The summed E-state index contributed by atoms with van der Waals surface area (Å²) in [5.41, 5.74) is 4.51. The fourth-order valence-corrected chi connectivity index (χ4v) is 5.53. The number of carboxylic acid groups (broad SMARTS) is 1. The monoisotopic (exact) mass is 550 g/mol. The van der Waals surface area contributed by atoms with Crippen LogP contribution in [0, 0.1) is 0 Å². The second-order valence-electron chi connectivity index (χ2n) is 9.18. The van der Waals surface area contributed by atoms with Gasteiger partial charge in [0.1, 0.15) is 18.8 Å². The van der Waals surface area contributed by atoms with E-state index in [4.69, 9.17) is 9.47 Å². The molecule has 3 aromatic rings. The average molecular weight is 551 g/mol. The van der Waals surface area contributed by atoms with Crippen LogP contribution in [0.25, 0.3) is 11.1 Å². The molecule has 0 spiro atoms. The molecule has 1 saturated heterocycles. The number of carbonyl (C=O) groups is 2. The fraction of sp³-hybridized carbons (Fsp3) is 0.321. The van der Waals surface area contributed by atoms with Gasteiger partial charge in [0.15, 0.2) is 0 Å². The number of hydrogen-bond donors (Lipinski definition) is 1. The first-order valence-corrected chi connectivity index (χ1v) is 12.8. The molecule has 1 aliphatic carbocycles. The molecule has 36 heavy (non-hydrogen) atoms. The molecule has 186 valence electrons. The zero-order valence-electron chi connectivity index (χ0n) is 19.7. The summed E-state index contributed by atoms with van der Waals surface area (Å²) in [6, 6.07) is 20.2. The van der Waals surface area contributed by atoms with Crippen molar-refractivity contribution < 1.29 is 24.2 Å². The Hall–Kier alpha value is -3.23. The van der Waals surface area contributed by atoms with Crippen LogP contribution in [0.15, 0.2) is 71.3 Å². The maximum atomic E-state index is 13.1. The van der Waals surface area contributed by atoms with Crippen molar-refractivity contribution >= 4 is 28.0 Å². The van der Waals surface area contributed by atoms with Gasteiger partial charge in [0.05, 0.1) is 5.69 Å². The summed E-state index contributed by atoms with van der Waals surface area (Å²) in [6.07, 6.45) is 2.94. The van der Waals surface area contributed by atoms with Gasteiger partial charge in [0.2, 0.25) is 0 Å². The smallest absolute Gasteiger partial charge is 0.409 e. The normalized spacial score (nSPS) is 19.3. The molecule has 1 fully saturated rings. The zero-order valence-corrected chi connectivity index (χ0v) is 21.3. The molecule has 0 bridgehead atoms. The van der Waals surface area contributed by atoms with E-state index in [1.165, 1.54) is 22.3 Å². The lowest BCUT2D eigenvalue weighted by Gasteiger charge is -2.32. The number of aliphatic carboxylic acids is 1.